The summed E-state index contributed by atoms with van der Waals surface area (Å²) in [4.78, 5) is 25.0. The van der Waals surface area contributed by atoms with Crippen molar-refractivity contribution in [2.45, 2.75) is 6.10 Å². The van der Waals surface area contributed by atoms with Gasteiger partial charge in [-0.25, -0.2) is 30.1 Å². The largest absolute Gasteiger partial charge is 0.465 e. The van der Waals surface area contributed by atoms with Crippen molar-refractivity contribution < 1.29 is 28.2 Å². The van der Waals surface area contributed by atoms with Crippen LogP contribution in [0.1, 0.15) is 0 Å². The standard InChI is InChI=1S/C15H17F2N3O4S/c16-11-5-9(6-12(17)13(11)19-1-3-25-4-2-19)20-8-10(24-15(20)23)7-18-14(21)22/h1,3,5-6,10,18H,2,4,7-8,25H2,(H,21,22). The van der Waals surface area contributed by atoms with Crippen molar-refractivity contribution >= 4 is 35.3 Å². The molecule has 2 heterocycles. The topological polar surface area (TPSA) is 82.1 Å². The number of hydrogen-bond acceptors (Lipinski definition) is 4. The molecule has 0 aromatic heterocycles. The number of carbonyl (C=O) groups excluding carboxylic acids is 1. The van der Waals surface area contributed by atoms with Crippen molar-refractivity contribution in [3.8, 4) is 0 Å². The summed E-state index contributed by atoms with van der Waals surface area (Å²) >= 11 is 0.635. The van der Waals surface area contributed by atoms with E-state index >= 15 is 0 Å². The highest BCUT2D eigenvalue weighted by molar-refractivity contribution is 8.02. The average Bonchev–Trinajstić information content (AvgIpc) is 2.94. The van der Waals surface area contributed by atoms with Crippen molar-refractivity contribution in [2.75, 3.05) is 35.2 Å². The van der Waals surface area contributed by atoms with E-state index in [0.717, 1.165) is 22.8 Å². The Morgan fingerprint density at radius 2 is 2.12 bits per heavy atom. The smallest absolute Gasteiger partial charge is 0.414 e. The Labute approximate surface area is 146 Å². The van der Waals surface area contributed by atoms with Gasteiger partial charge in [-0.15, -0.1) is 0 Å². The van der Waals surface area contributed by atoms with Gasteiger partial charge in [-0.05, 0) is 11.2 Å². The summed E-state index contributed by atoms with van der Waals surface area (Å²) in [5.41, 5.74) is -0.120. The molecule has 10 heteroatoms. The molecule has 1 aromatic rings. The van der Waals surface area contributed by atoms with E-state index < -0.39 is 29.9 Å². The molecule has 3 rings (SSSR count). The van der Waals surface area contributed by atoms with Gasteiger partial charge >= 0.3 is 12.2 Å². The Balaban J connectivity index is 1.79. The molecule has 2 N–H and O–H groups in total. The van der Waals surface area contributed by atoms with E-state index in [4.69, 9.17) is 9.84 Å². The maximum absolute atomic E-state index is 14.4. The van der Waals surface area contributed by atoms with Gasteiger partial charge in [-0.2, -0.15) is 0 Å². The lowest BCUT2D eigenvalue weighted by Gasteiger charge is -2.25. The van der Waals surface area contributed by atoms with E-state index in [1.807, 2.05) is 5.41 Å². The Morgan fingerprint density at radius 3 is 2.72 bits per heavy atom. The Hall–Kier alpha value is -2.49. The van der Waals surface area contributed by atoms with Gasteiger partial charge in [0.1, 0.15) is 11.8 Å². The number of anilines is 2. The number of nitrogens with zero attached hydrogens (tertiary/aromatic N) is 2. The molecule has 1 atom stereocenters. The maximum Gasteiger partial charge on any atom is 0.414 e. The van der Waals surface area contributed by atoms with Crippen LogP contribution in [0.15, 0.2) is 23.7 Å². The molecule has 0 bridgehead atoms. The van der Waals surface area contributed by atoms with E-state index in [1.165, 1.54) is 4.90 Å². The molecule has 1 saturated heterocycles. The summed E-state index contributed by atoms with van der Waals surface area (Å²) < 4.78 is 33.9. The molecule has 0 saturated carbocycles. The molecule has 1 aromatic carbocycles. The number of amides is 2. The van der Waals surface area contributed by atoms with Gasteiger partial charge in [0.2, 0.25) is 0 Å². The summed E-state index contributed by atoms with van der Waals surface area (Å²) in [6, 6.07) is 2.16. The lowest BCUT2D eigenvalue weighted by atomic mass is 10.2. The predicted octanol–water partition coefficient (Wildman–Crippen LogP) is 2.05. The summed E-state index contributed by atoms with van der Waals surface area (Å²) in [6.45, 7) is 0.429. The minimum absolute atomic E-state index is 0.00206. The van der Waals surface area contributed by atoms with Crippen LogP contribution < -0.4 is 15.1 Å². The first-order valence-corrected chi connectivity index (χ1v) is 8.85. The lowest BCUT2D eigenvalue weighted by Crippen LogP contribution is -2.33. The summed E-state index contributed by atoms with van der Waals surface area (Å²) in [7, 11) is 0. The highest BCUT2D eigenvalue weighted by Gasteiger charge is 2.33. The Bertz CT molecular complexity index is 708. The average molecular weight is 373 g/mol. The molecule has 0 radical (unpaired) electrons. The normalized spacial score (nSPS) is 21.5. The predicted molar refractivity (Wildman–Crippen MR) is 91.7 cm³/mol. The summed E-state index contributed by atoms with van der Waals surface area (Å²) in [5, 5.41) is 12.6. The molecule has 25 heavy (non-hydrogen) atoms. The molecule has 136 valence electrons. The molecule has 0 spiro atoms. The van der Waals surface area contributed by atoms with Crippen LogP contribution in [0.3, 0.4) is 0 Å². The zero-order chi connectivity index (χ0) is 18.0. The quantitative estimate of drug-likeness (QED) is 0.844. The highest BCUT2D eigenvalue weighted by Crippen LogP contribution is 2.32. The second kappa shape index (κ2) is 7.18. The zero-order valence-electron chi connectivity index (χ0n) is 13.0. The van der Waals surface area contributed by atoms with Gasteiger partial charge in [-0.1, -0.05) is 0 Å². The van der Waals surface area contributed by atoms with Gasteiger partial charge in [-0.3, -0.25) is 4.90 Å². The second-order valence-electron chi connectivity index (χ2n) is 5.52. The minimum atomic E-state index is -1.24. The summed E-state index contributed by atoms with van der Waals surface area (Å²) in [6.07, 6.45) is -1.09. The van der Waals surface area contributed by atoms with Gasteiger partial charge in [0.25, 0.3) is 0 Å². The van der Waals surface area contributed by atoms with Crippen LogP contribution in [0.4, 0.5) is 29.7 Å². The molecule has 2 aliphatic heterocycles. The lowest BCUT2D eigenvalue weighted by molar-refractivity contribution is 0.136. The van der Waals surface area contributed by atoms with Crippen molar-refractivity contribution in [3.05, 3.63) is 35.4 Å². The van der Waals surface area contributed by atoms with Gasteiger partial charge in [0.05, 0.1) is 18.8 Å². The molecule has 0 aliphatic carbocycles. The van der Waals surface area contributed by atoms with E-state index in [0.29, 0.717) is 18.3 Å². The number of ether oxygens (including phenoxy) is 1. The number of rotatable bonds is 4. The monoisotopic (exact) mass is 373 g/mol. The van der Waals surface area contributed by atoms with Crippen molar-refractivity contribution in [2.24, 2.45) is 0 Å². The fourth-order valence-corrected chi connectivity index (χ4v) is 3.52. The van der Waals surface area contributed by atoms with E-state index in [9.17, 15) is 18.4 Å². The van der Waals surface area contributed by atoms with E-state index in [2.05, 4.69) is 5.32 Å². The van der Waals surface area contributed by atoms with Gasteiger partial charge in [0.15, 0.2) is 11.6 Å². The molecule has 1 fully saturated rings. The molecular weight excluding hydrogens is 356 g/mol. The van der Waals surface area contributed by atoms with Crippen molar-refractivity contribution in [1.82, 2.24) is 5.32 Å². The third kappa shape index (κ3) is 3.78. The van der Waals surface area contributed by atoms with E-state index in [-0.39, 0.29) is 24.5 Å². The number of cyclic esters (lactones) is 1. The second-order valence-corrected chi connectivity index (χ2v) is 6.77. The zero-order valence-corrected chi connectivity index (χ0v) is 14.0. The van der Waals surface area contributed by atoms with Crippen LogP contribution in [-0.2, 0) is 4.74 Å². The summed E-state index contributed by atoms with van der Waals surface area (Å²) in [5.74, 6) is -0.719. The van der Waals surface area contributed by atoms with Crippen LogP contribution >= 0.6 is 11.8 Å². The highest BCUT2D eigenvalue weighted by atomic mass is 32.2. The first kappa shape index (κ1) is 17.3. The van der Waals surface area contributed by atoms with Gasteiger partial charge in [0, 0.05) is 24.9 Å². The first-order chi connectivity index (χ1) is 12.0. The molecule has 2 amide bonds. The fourth-order valence-electron chi connectivity index (χ4n) is 2.69. The first-order valence-electron chi connectivity index (χ1n) is 7.56. The van der Waals surface area contributed by atoms with Crippen molar-refractivity contribution in [3.63, 3.8) is 0 Å². The van der Waals surface area contributed by atoms with Crippen LogP contribution in [0.2, 0.25) is 0 Å². The number of nitrogens with one attached hydrogen (secondary N) is 1. The Kier molecular flexibility index (Phi) is 4.98. The number of hydrogen-bond donors (Lipinski definition) is 2. The molecule has 2 aliphatic rings. The van der Waals surface area contributed by atoms with Crippen LogP contribution in [0, 0.1) is 11.6 Å². The number of carboxylic acid groups (broad SMARTS) is 1. The fraction of sp³-hybridized carbons (Fsp3) is 0.333. The third-order valence-electron chi connectivity index (χ3n) is 3.82. The van der Waals surface area contributed by atoms with E-state index in [1.54, 1.807) is 6.20 Å². The van der Waals surface area contributed by atoms with Crippen LogP contribution in [-0.4, -0.2) is 48.8 Å². The molecule has 7 nitrogen and oxygen atoms in total. The number of benzene rings is 1. The van der Waals surface area contributed by atoms with Crippen LogP contribution in [0.5, 0.6) is 0 Å². The molecule has 1 unspecified atom stereocenters. The SMILES string of the molecule is O=C(O)NCC1CN(c2cc(F)c(N3C=C[SH2]CC3)c(F)c2)C(=O)O1. The molecular formula is C15H17F2N3O4S. The van der Waals surface area contributed by atoms with Crippen LogP contribution in [0.25, 0.3) is 0 Å². The number of halogens is 2. The third-order valence-corrected chi connectivity index (χ3v) is 4.72. The Morgan fingerprint density at radius 1 is 1.40 bits per heavy atom. The van der Waals surface area contributed by atoms with Gasteiger partial charge < -0.3 is 20.1 Å². The number of carbonyl (C=O) groups is 2. The van der Waals surface area contributed by atoms with Crippen molar-refractivity contribution in [1.29, 1.82) is 0 Å². The minimum Gasteiger partial charge on any atom is -0.465 e. The maximum atomic E-state index is 14.4.